The highest BCUT2D eigenvalue weighted by atomic mass is 16.3. The normalized spacial score (nSPS) is 18.6. The van der Waals surface area contributed by atoms with E-state index >= 15 is 0 Å². The van der Waals surface area contributed by atoms with E-state index in [2.05, 4.69) is 17.4 Å². The molecule has 1 saturated heterocycles. The molecular formula is C13H20N2O. The molecule has 88 valence electrons. The first kappa shape index (κ1) is 11.4. The summed E-state index contributed by atoms with van der Waals surface area (Å²) in [7, 11) is 0. The number of aliphatic hydroxyl groups excluding tert-OH is 1. The minimum Gasteiger partial charge on any atom is -0.392 e. The Balaban J connectivity index is 1.98. The largest absolute Gasteiger partial charge is 0.392 e. The number of piperidine rings is 1. The van der Waals surface area contributed by atoms with E-state index < -0.39 is 0 Å². The molecule has 2 rings (SSSR count). The summed E-state index contributed by atoms with van der Waals surface area (Å²) >= 11 is 0. The number of anilines is 1. The van der Waals surface area contributed by atoms with Gasteiger partial charge in [0.05, 0.1) is 12.3 Å². The lowest BCUT2D eigenvalue weighted by Crippen LogP contribution is -2.37. The van der Waals surface area contributed by atoms with E-state index in [-0.39, 0.29) is 6.61 Å². The zero-order chi connectivity index (χ0) is 11.4. The first-order valence-corrected chi connectivity index (χ1v) is 6.00. The third-order valence-electron chi connectivity index (χ3n) is 3.25. The first-order chi connectivity index (χ1) is 7.79. The fourth-order valence-corrected chi connectivity index (χ4v) is 2.06. The summed E-state index contributed by atoms with van der Waals surface area (Å²) < 4.78 is 0. The maximum atomic E-state index is 9.23. The number of hydrogen-bond acceptors (Lipinski definition) is 3. The van der Waals surface area contributed by atoms with Crippen LogP contribution in [0, 0.1) is 5.92 Å². The predicted molar refractivity (Wildman–Crippen MR) is 66.0 cm³/mol. The van der Waals surface area contributed by atoms with Crippen molar-refractivity contribution in [2.24, 2.45) is 5.92 Å². The second-order valence-electron chi connectivity index (χ2n) is 4.60. The van der Waals surface area contributed by atoms with Crippen molar-refractivity contribution >= 4 is 5.69 Å². The lowest BCUT2D eigenvalue weighted by Gasteiger charge is -2.31. The Morgan fingerprint density at radius 3 is 2.69 bits per heavy atom. The zero-order valence-corrected chi connectivity index (χ0v) is 9.82. The molecule has 1 fully saturated rings. The van der Waals surface area contributed by atoms with Crippen LogP contribution in [0.5, 0.6) is 0 Å². The molecule has 1 aromatic rings. The van der Waals surface area contributed by atoms with Crippen molar-refractivity contribution in [2.75, 3.05) is 18.5 Å². The predicted octanol–water partition coefficient (Wildman–Crippen LogP) is 2.24. The fourth-order valence-electron chi connectivity index (χ4n) is 2.06. The molecular weight excluding hydrogens is 200 g/mol. The van der Waals surface area contributed by atoms with Gasteiger partial charge in [-0.15, -0.1) is 0 Å². The van der Waals surface area contributed by atoms with Crippen LogP contribution >= 0.6 is 0 Å². The van der Waals surface area contributed by atoms with Crippen LogP contribution in [-0.4, -0.2) is 23.2 Å². The number of nitrogens with zero attached hydrogens (tertiary/aromatic N) is 1. The lowest BCUT2D eigenvalue weighted by atomic mass is 10.0. The Kier molecular flexibility index (Phi) is 3.80. The highest BCUT2D eigenvalue weighted by Gasteiger charge is 2.15. The Labute approximate surface area is 97.1 Å². The summed E-state index contributed by atoms with van der Waals surface area (Å²) in [4.78, 5) is 0. The van der Waals surface area contributed by atoms with E-state index in [1.165, 1.54) is 12.8 Å². The van der Waals surface area contributed by atoms with Gasteiger partial charge in [-0.1, -0.05) is 25.1 Å². The molecule has 0 aliphatic carbocycles. The monoisotopic (exact) mass is 220 g/mol. The Morgan fingerprint density at radius 1 is 1.31 bits per heavy atom. The van der Waals surface area contributed by atoms with Crippen molar-refractivity contribution in [3.63, 3.8) is 0 Å². The summed E-state index contributed by atoms with van der Waals surface area (Å²) in [6, 6.07) is 7.92. The topological polar surface area (TPSA) is 35.5 Å². The van der Waals surface area contributed by atoms with Gasteiger partial charge < -0.3 is 10.5 Å². The SMILES string of the molecule is CC1CCN(Nc2ccccc2CO)CC1. The molecule has 0 spiro atoms. The van der Waals surface area contributed by atoms with Gasteiger partial charge in [0.25, 0.3) is 0 Å². The molecule has 0 bridgehead atoms. The van der Waals surface area contributed by atoms with Crippen molar-refractivity contribution in [2.45, 2.75) is 26.4 Å². The average molecular weight is 220 g/mol. The maximum absolute atomic E-state index is 9.23. The number of benzene rings is 1. The third-order valence-corrected chi connectivity index (χ3v) is 3.25. The van der Waals surface area contributed by atoms with Gasteiger partial charge in [-0.2, -0.15) is 0 Å². The maximum Gasteiger partial charge on any atom is 0.0702 e. The van der Waals surface area contributed by atoms with Crippen LogP contribution in [0.3, 0.4) is 0 Å². The molecule has 0 saturated carbocycles. The number of hydrazine groups is 1. The van der Waals surface area contributed by atoms with Crippen LogP contribution in [0.25, 0.3) is 0 Å². The van der Waals surface area contributed by atoms with Crippen LogP contribution < -0.4 is 5.43 Å². The summed E-state index contributed by atoms with van der Waals surface area (Å²) in [5.74, 6) is 0.839. The van der Waals surface area contributed by atoms with Gasteiger partial charge in [0.1, 0.15) is 0 Å². The molecule has 0 unspecified atom stereocenters. The number of nitrogens with one attached hydrogen (secondary N) is 1. The molecule has 0 radical (unpaired) electrons. The van der Waals surface area contributed by atoms with E-state index in [0.29, 0.717) is 0 Å². The van der Waals surface area contributed by atoms with Gasteiger partial charge in [0, 0.05) is 18.7 Å². The molecule has 3 heteroatoms. The highest BCUT2D eigenvalue weighted by molar-refractivity contribution is 5.49. The average Bonchev–Trinajstić information content (AvgIpc) is 2.33. The molecule has 1 aliphatic heterocycles. The summed E-state index contributed by atoms with van der Waals surface area (Å²) in [6.45, 7) is 4.56. The van der Waals surface area contributed by atoms with Gasteiger partial charge in [0.2, 0.25) is 0 Å². The van der Waals surface area contributed by atoms with Gasteiger partial charge in [-0.3, -0.25) is 0 Å². The minimum absolute atomic E-state index is 0.0907. The van der Waals surface area contributed by atoms with E-state index in [0.717, 1.165) is 30.3 Å². The van der Waals surface area contributed by atoms with Crippen molar-refractivity contribution in [3.05, 3.63) is 29.8 Å². The Bertz CT molecular complexity index is 332. The van der Waals surface area contributed by atoms with Crippen LogP contribution in [0.4, 0.5) is 5.69 Å². The smallest absolute Gasteiger partial charge is 0.0702 e. The van der Waals surface area contributed by atoms with Gasteiger partial charge in [-0.25, -0.2) is 5.01 Å². The molecule has 0 amide bonds. The fraction of sp³-hybridized carbons (Fsp3) is 0.538. The minimum atomic E-state index is 0.0907. The molecule has 0 atom stereocenters. The zero-order valence-electron chi connectivity index (χ0n) is 9.82. The Morgan fingerprint density at radius 2 is 2.00 bits per heavy atom. The lowest BCUT2D eigenvalue weighted by molar-refractivity contribution is 0.226. The van der Waals surface area contributed by atoms with Crippen molar-refractivity contribution in [1.82, 2.24) is 5.01 Å². The number of aliphatic hydroxyl groups is 1. The molecule has 1 aliphatic rings. The van der Waals surface area contributed by atoms with Crippen LogP contribution in [0.15, 0.2) is 24.3 Å². The number of para-hydroxylation sites is 1. The Hall–Kier alpha value is -1.06. The van der Waals surface area contributed by atoms with E-state index in [4.69, 9.17) is 0 Å². The first-order valence-electron chi connectivity index (χ1n) is 6.00. The number of hydrogen-bond donors (Lipinski definition) is 2. The second kappa shape index (κ2) is 5.32. The quantitative estimate of drug-likeness (QED) is 0.820. The van der Waals surface area contributed by atoms with Gasteiger partial charge >= 0.3 is 0 Å². The van der Waals surface area contributed by atoms with E-state index in [9.17, 15) is 5.11 Å². The second-order valence-corrected chi connectivity index (χ2v) is 4.60. The summed E-state index contributed by atoms with van der Waals surface area (Å²) in [5.41, 5.74) is 5.38. The number of rotatable bonds is 3. The molecule has 0 aromatic heterocycles. The van der Waals surface area contributed by atoms with Crippen LogP contribution in [0.2, 0.25) is 0 Å². The molecule has 1 aromatic carbocycles. The van der Waals surface area contributed by atoms with E-state index in [1.54, 1.807) is 0 Å². The van der Waals surface area contributed by atoms with E-state index in [1.807, 2.05) is 24.3 Å². The van der Waals surface area contributed by atoms with Gasteiger partial charge in [0.15, 0.2) is 0 Å². The van der Waals surface area contributed by atoms with Gasteiger partial charge in [-0.05, 0) is 24.8 Å². The molecule has 2 N–H and O–H groups in total. The standard InChI is InChI=1S/C13H20N2O/c1-11-6-8-15(9-7-11)14-13-5-3-2-4-12(13)10-16/h2-5,11,14,16H,6-10H2,1H3. The molecule has 3 nitrogen and oxygen atoms in total. The van der Waals surface area contributed by atoms with Crippen molar-refractivity contribution in [3.8, 4) is 0 Å². The van der Waals surface area contributed by atoms with Crippen molar-refractivity contribution in [1.29, 1.82) is 0 Å². The van der Waals surface area contributed by atoms with Crippen molar-refractivity contribution < 1.29 is 5.11 Å². The summed E-state index contributed by atoms with van der Waals surface area (Å²) in [5, 5.41) is 11.5. The highest BCUT2D eigenvalue weighted by Crippen LogP contribution is 2.20. The molecule has 16 heavy (non-hydrogen) atoms. The summed E-state index contributed by atoms with van der Waals surface area (Å²) in [6.07, 6.45) is 2.49. The third kappa shape index (κ3) is 2.74. The van der Waals surface area contributed by atoms with Crippen LogP contribution in [-0.2, 0) is 6.61 Å². The van der Waals surface area contributed by atoms with Crippen LogP contribution in [0.1, 0.15) is 25.3 Å². The molecule has 1 heterocycles.